The Bertz CT molecular complexity index is 1770. The van der Waals surface area contributed by atoms with Crippen LogP contribution in [0.1, 0.15) is 23.6 Å². The van der Waals surface area contributed by atoms with Gasteiger partial charge in [0, 0.05) is 17.2 Å². The second kappa shape index (κ2) is 11.0. The number of aromatic hydroxyl groups is 1. The molecule has 4 aromatic rings. The lowest BCUT2D eigenvalue weighted by atomic mass is 10.1. The maximum atomic E-state index is 14.1. The molecule has 5 N–H and O–H groups in total. The van der Waals surface area contributed by atoms with E-state index in [9.17, 15) is 28.0 Å². The van der Waals surface area contributed by atoms with E-state index in [1.807, 2.05) is 0 Å². The van der Waals surface area contributed by atoms with Crippen molar-refractivity contribution in [2.75, 3.05) is 22.9 Å². The molecule has 0 saturated carbocycles. The molecule has 5 rings (SSSR count). The highest BCUT2D eigenvalue weighted by Gasteiger charge is 2.36. The molecule has 0 amide bonds. The molecule has 41 heavy (non-hydrogen) atoms. The molecule has 1 unspecified atom stereocenters. The number of nitrogens with zero attached hydrogens (tertiary/aromatic N) is 3. The lowest BCUT2D eigenvalue weighted by Gasteiger charge is -2.30. The number of anilines is 2. The van der Waals surface area contributed by atoms with E-state index in [-0.39, 0.29) is 47.1 Å². The molecule has 11 nitrogen and oxygen atoms in total. The summed E-state index contributed by atoms with van der Waals surface area (Å²) in [6.45, 7) is 3.24. The highest BCUT2D eigenvalue weighted by atomic mass is 32.3. The number of amidine groups is 1. The van der Waals surface area contributed by atoms with Crippen molar-refractivity contribution >= 4 is 52.1 Å². The maximum Gasteiger partial charge on any atom is 0.348 e. The van der Waals surface area contributed by atoms with Crippen molar-refractivity contribution in [3.8, 4) is 17.0 Å². The summed E-state index contributed by atoms with van der Waals surface area (Å²) in [6, 6.07) is 10.7. The van der Waals surface area contributed by atoms with Crippen molar-refractivity contribution < 1.29 is 27.7 Å². The summed E-state index contributed by atoms with van der Waals surface area (Å²) in [5, 5.41) is 22.4. The molecule has 216 valence electrons. The molecule has 15 heteroatoms. The first-order valence-corrected chi connectivity index (χ1v) is 16.8. The minimum absolute atomic E-state index is 0.0186. The number of aryl methyl sites for hydroxylation is 1. The Labute approximate surface area is 240 Å². The number of fused-ring (bicyclic) bond motifs is 1. The number of benzene rings is 2. The predicted octanol–water partition coefficient (Wildman–Crippen LogP) is 5.61. The third-order valence-electron chi connectivity index (χ3n) is 6.12. The van der Waals surface area contributed by atoms with Crippen molar-refractivity contribution in [3.63, 3.8) is 0 Å². The normalized spacial score (nSPS) is 17.0. The van der Waals surface area contributed by atoms with Crippen LogP contribution < -0.4 is 20.9 Å². The van der Waals surface area contributed by atoms with Crippen LogP contribution in [0.25, 0.3) is 11.3 Å². The van der Waals surface area contributed by atoms with Crippen molar-refractivity contribution in [1.82, 2.24) is 9.78 Å². The van der Waals surface area contributed by atoms with Crippen LogP contribution in [0, 0.1) is 12.7 Å². The lowest BCUT2D eigenvalue weighted by molar-refractivity contribution is 0.341. The van der Waals surface area contributed by atoms with E-state index < -0.39 is 29.6 Å². The molecule has 1 aliphatic rings. The third kappa shape index (κ3) is 5.94. The predicted molar refractivity (Wildman–Crippen MR) is 162 cm³/mol. The number of aromatic nitrogens is 2. The van der Waals surface area contributed by atoms with Crippen molar-refractivity contribution in [3.05, 3.63) is 86.1 Å². The SMILES string of the molecule is CCOP1(=O)N=C(c2c(O)c(-c3ccsc3)nn(Cc3ccc(F)c(C)c3)c2=O)Nc2ccc(NS(C)(O)O)cc21. The van der Waals surface area contributed by atoms with Gasteiger partial charge in [0.25, 0.3) is 5.56 Å². The molecule has 0 saturated heterocycles. The highest BCUT2D eigenvalue weighted by molar-refractivity contribution is 8.24. The van der Waals surface area contributed by atoms with Crippen LogP contribution in [0.15, 0.2) is 62.8 Å². The Kier molecular flexibility index (Phi) is 7.81. The topological polar surface area (TPSA) is 158 Å². The fourth-order valence-corrected chi connectivity index (χ4v) is 7.36. The smallest absolute Gasteiger partial charge is 0.348 e. The van der Waals surface area contributed by atoms with Crippen LogP contribution in [0.4, 0.5) is 15.8 Å². The Hall–Kier alpha value is -3.52. The van der Waals surface area contributed by atoms with Gasteiger partial charge >= 0.3 is 7.52 Å². The van der Waals surface area contributed by atoms with E-state index in [4.69, 9.17) is 4.52 Å². The molecule has 0 bridgehead atoms. The first kappa shape index (κ1) is 29.0. The summed E-state index contributed by atoms with van der Waals surface area (Å²) in [5.74, 6) is -1.02. The summed E-state index contributed by atoms with van der Waals surface area (Å²) in [6.07, 6.45) is 1.21. The van der Waals surface area contributed by atoms with Crippen LogP contribution in [0.3, 0.4) is 0 Å². The van der Waals surface area contributed by atoms with Crippen molar-refractivity contribution in [2.45, 2.75) is 20.4 Å². The molecular formula is C26H27FN5O6PS2. The van der Waals surface area contributed by atoms with Gasteiger partial charge in [0.15, 0.2) is 11.6 Å². The summed E-state index contributed by atoms with van der Waals surface area (Å²) < 4.78 is 61.2. The molecule has 1 aliphatic heterocycles. The number of thiophene rings is 1. The molecule has 0 spiro atoms. The zero-order chi connectivity index (χ0) is 29.5. The van der Waals surface area contributed by atoms with Crippen molar-refractivity contribution in [1.29, 1.82) is 0 Å². The van der Waals surface area contributed by atoms with Gasteiger partial charge in [-0.2, -0.15) is 21.2 Å². The molecule has 3 heterocycles. The Morgan fingerprint density at radius 2 is 2.00 bits per heavy atom. The van der Waals surface area contributed by atoms with Crippen LogP contribution in [-0.2, 0) is 15.6 Å². The molecule has 0 radical (unpaired) electrons. The third-order valence-corrected chi connectivity index (χ3v) is 9.47. The second-order valence-electron chi connectivity index (χ2n) is 9.31. The van der Waals surface area contributed by atoms with Gasteiger partial charge in [-0.15, -0.1) is 10.8 Å². The second-order valence-corrected chi connectivity index (χ2v) is 13.9. The number of hydrogen-bond acceptors (Lipinski definition) is 10. The number of halogens is 1. The van der Waals surface area contributed by atoms with Gasteiger partial charge in [-0.25, -0.2) is 9.07 Å². The summed E-state index contributed by atoms with van der Waals surface area (Å²) in [7, 11) is -7.13. The van der Waals surface area contributed by atoms with Gasteiger partial charge in [0.2, 0.25) is 0 Å². The van der Waals surface area contributed by atoms with Crippen LogP contribution >= 0.6 is 29.6 Å². The fraction of sp³-hybridized carbons (Fsp3) is 0.192. The van der Waals surface area contributed by atoms with Gasteiger partial charge in [-0.3, -0.25) is 23.2 Å². The maximum absolute atomic E-state index is 14.1. The Balaban J connectivity index is 1.68. The van der Waals surface area contributed by atoms with Crippen molar-refractivity contribution in [2.24, 2.45) is 4.76 Å². The molecule has 0 aliphatic carbocycles. The largest absolute Gasteiger partial charge is 0.505 e. The van der Waals surface area contributed by atoms with Gasteiger partial charge in [-0.05, 0) is 60.7 Å². The van der Waals surface area contributed by atoms with Crippen LogP contribution in [0.2, 0.25) is 0 Å². The monoisotopic (exact) mass is 619 g/mol. The summed E-state index contributed by atoms with van der Waals surface area (Å²) >= 11 is 1.37. The number of nitrogens with one attached hydrogen (secondary N) is 2. The van der Waals surface area contributed by atoms with Gasteiger partial charge in [-0.1, -0.05) is 12.1 Å². The van der Waals surface area contributed by atoms with E-state index >= 15 is 0 Å². The van der Waals surface area contributed by atoms with E-state index in [2.05, 4.69) is 19.9 Å². The molecule has 1 atom stereocenters. The Morgan fingerprint density at radius 1 is 1.22 bits per heavy atom. The molecule has 0 fully saturated rings. The Morgan fingerprint density at radius 3 is 2.66 bits per heavy atom. The first-order chi connectivity index (χ1) is 19.4. The van der Waals surface area contributed by atoms with E-state index in [0.717, 1.165) is 4.68 Å². The standard InChI is InChI=1S/C26H27FN5O6PS2/c1-4-38-39(35)21-12-18(31-41(3,36)37)6-8-20(21)28-25(30-39)22-24(33)23(17-9-10-40-14-17)29-32(26(22)34)13-16-5-7-19(27)15(2)11-16/h5-12,14,31,33,36-37H,4,13H2,1-3H3,(H,28,30,35). The minimum Gasteiger partial charge on any atom is -0.505 e. The molecule has 2 aromatic heterocycles. The highest BCUT2D eigenvalue weighted by Crippen LogP contribution is 2.53. The summed E-state index contributed by atoms with van der Waals surface area (Å²) in [4.78, 5) is 13.8. The first-order valence-electron chi connectivity index (χ1n) is 12.3. The number of hydrogen-bond donors (Lipinski definition) is 5. The van der Waals surface area contributed by atoms with E-state index in [1.54, 1.807) is 42.8 Å². The van der Waals surface area contributed by atoms with E-state index in [0.29, 0.717) is 22.4 Å². The summed E-state index contributed by atoms with van der Waals surface area (Å²) in [5.41, 5.74) is 1.24. The zero-order valence-electron chi connectivity index (χ0n) is 22.2. The quantitative estimate of drug-likeness (QED) is 0.158. The average Bonchev–Trinajstić information content (AvgIpc) is 3.42. The fourth-order valence-electron chi connectivity index (χ4n) is 4.34. The lowest BCUT2D eigenvalue weighted by Crippen LogP contribution is -2.35. The van der Waals surface area contributed by atoms with Gasteiger partial charge in [0.05, 0.1) is 29.8 Å². The molecule has 2 aromatic carbocycles. The van der Waals surface area contributed by atoms with Crippen LogP contribution in [0.5, 0.6) is 5.75 Å². The number of rotatable bonds is 8. The minimum atomic E-state index is -4.01. The average molecular weight is 620 g/mol. The van der Waals surface area contributed by atoms with Gasteiger partial charge in [0.1, 0.15) is 17.1 Å². The molecular weight excluding hydrogens is 592 g/mol. The van der Waals surface area contributed by atoms with Crippen LogP contribution in [-0.4, -0.2) is 42.7 Å². The van der Waals surface area contributed by atoms with E-state index in [1.165, 1.54) is 41.9 Å². The van der Waals surface area contributed by atoms with Gasteiger partial charge < -0.3 is 14.9 Å². The zero-order valence-corrected chi connectivity index (χ0v) is 24.7.